The Morgan fingerprint density at radius 1 is 1.12 bits per heavy atom. The van der Waals surface area contributed by atoms with Gasteiger partial charge in [-0.3, -0.25) is 5.10 Å². The second-order valence-corrected chi connectivity index (χ2v) is 6.39. The number of H-pyrrole nitrogens is 1. The summed E-state index contributed by atoms with van der Waals surface area (Å²) in [6.07, 6.45) is 1.58. The van der Waals surface area contributed by atoms with Crippen LogP contribution in [0.2, 0.25) is 0 Å². The Bertz CT molecular complexity index is 655. The molecule has 0 aliphatic heterocycles. The Kier molecular flexibility index (Phi) is 6.34. The van der Waals surface area contributed by atoms with Gasteiger partial charge in [0, 0.05) is 5.56 Å². The zero-order valence-electron chi connectivity index (χ0n) is 14.6. The number of carbonyl (C=O) groups is 1. The van der Waals surface area contributed by atoms with Crippen molar-refractivity contribution in [3.8, 4) is 11.1 Å². The second kappa shape index (κ2) is 7.64. The molecule has 3 N–H and O–H groups in total. The first-order valence-corrected chi connectivity index (χ1v) is 7.39. The van der Waals surface area contributed by atoms with Gasteiger partial charge in [-0.15, -0.1) is 0 Å². The van der Waals surface area contributed by atoms with Gasteiger partial charge < -0.3 is 14.9 Å². The van der Waals surface area contributed by atoms with E-state index in [-0.39, 0.29) is 0 Å². The molecule has 0 spiro atoms. The molecule has 0 amide bonds. The van der Waals surface area contributed by atoms with Gasteiger partial charge in [0.25, 0.3) is 0 Å². The van der Waals surface area contributed by atoms with Crippen LogP contribution < -0.4 is 5.46 Å². The molecule has 2 aromatic rings. The Labute approximate surface area is 143 Å². The van der Waals surface area contributed by atoms with Crippen LogP contribution in [0, 0.1) is 0 Å². The molecule has 2 radical (unpaired) electrons. The topological polar surface area (TPSA) is 95.4 Å². The lowest BCUT2D eigenvalue weighted by Crippen LogP contribution is -2.44. The average molecular weight is 330 g/mol. The second-order valence-electron chi connectivity index (χ2n) is 6.39. The van der Waals surface area contributed by atoms with Crippen LogP contribution in [0.15, 0.2) is 30.5 Å². The highest BCUT2D eigenvalue weighted by atomic mass is 16.5. The lowest BCUT2D eigenvalue weighted by atomic mass is 9.90. The lowest BCUT2D eigenvalue weighted by Gasteiger charge is -2.31. The summed E-state index contributed by atoms with van der Waals surface area (Å²) in [5.74, 6) is -0.440. The third-order valence-corrected chi connectivity index (χ3v) is 3.75. The molecule has 0 bridgehead atoms. The third kappa shape index (κ3) is 5.21. The van der Waals surface area contributed by atoms with E-state index >= 15 is 0 Å². The monoisotopic (exact) mass is 330 g/mol. The van der Waals surface area contributed by atoms with Crippen molar-refractivity contribution < 1.29 is 19.7 Å². The normalized spacial score (nSPS) is 11.5. The number of methoxy groups -OCH3 is 1. The minimum absolute atomic E-state index is 0.340. The van der Waals surface area contributed by atoms with Crippen LogP contribution in [-0.4, -0.2) is 52.5 Å². The fraction of sp³-hybridized carbons (Fsp3) is 0.412. The molecule has 2 rings (SSSR count). The molecule has 1 heterocycles. The number of ether oxygens (including phenoxy) is 1. The van der Waals surface area contributed by atoms with E-state index in [0.29, 0.717) is 16.7 Å². The van der Waals surface area contributed by atoms with Gasteiger partial charge >= 0.3 is 5.97 Å². The maximum absolute atomic E-state index is 11.4. The maximum Gasteiger partial charge on any atom is 0.356 e. The van der Waals surface area contributed by atoms with Gasteiger partial charge in [0.05, 0.1) is 24.5 Å². The van der Waals surface area contributed by atoms with E-state index in [1.807, 2.05) is 12.1 Å². The van der Waals surface area contributed by atoms with Gasteiger partial charge in [-0.2, -0.15) is 5.10 Å². The quantitative estimate of drug-likeness (QED) is 0.580. The summed E-state index contributed by atoms with van der Waals surface area (Å²) in [6, 6.07) is 7.19. The number of benzene rings is 1. The van der Waals surface area contributed by atoms with Crippen molar-refractivity contribution >= 4 is 19.3 Å². The molecule has 0 aliphatic rings. The van der Waals surface area contributed by atoms with E-state index in [2.05, 4.69) is 14.9 Å². The summed E-state index contributed by atoms with van der Waals surface area (Å²) in [4.78, 5) is 11.4. The van der Waals surface area contributed by atoms with Gasteiger partial charge in [0.1, 0.15) is 7.85 Å². The first kappa shape index (κ1) is 19.9. The molecular formula is C17H23BN2O4. The summed E-state index contributed by atoms with van der Waals surface area (Å²) in [6.45, 7) is 6.31. The van der Waals surface area contributed by atoms with Gasteiger partial charge in [-0.05, 0) is 33.3 Å². The number of hydrogen-bond acceptors (Lipinski definition) is 5. The molecule has 1 aromatic carbocycles. The number of nitrogens with one attached hydrogen (secondary N) is 1. The molecule has 6 nitrogen and oxygen atoms in total. The minimum atomic E-state index is -1.01. The predicted octanol–water partition coefficient (Wildman–Crippen LogP) is 1.19. The summed E-state index contributed by atoms with van der Waals surface area (Å²) in [5, 5.41) is 24.7. The largest absolute Gasteiger partial charge is 0.464 e. The van der Waals surface area contributed by atoms with Gasteiger partial charge in [0.2, 0.25) is 0 Å². The molecule has 0 atom stereocenters. The summed E-state index contributed by atoms with van der Waals surface area (Å²) in [7, 11) is 6.92. The summed E-state index contributed by atoms with van der Waals surface area (Å²) >= 11 is 0. The molecule has 7 heteroatoms. The summed E-state index contributed by atoms with van der Waals surface area (Å²) < 4.78 is 4.65. The molecule has 24 heavy (non-hydrogen) atoms. The molecule has 128 valence electrons. The van der Waals surface area contributed by atoms with Crippen LogP contribution in [0.3, 0.4) is 0 Å². The minimum Gasteiger partial charge on any atom is -0.464 e. The van der Waals surface area contributed by atoms with Gasteiger partial charge in [-0.1, -0.05) is 29.7 Å². The summed E-state index contributed by atoms with van der Waals surface area (Å²) in [5.41, 5.74) is 0.564. The lowest BCUT2D eigenvalue weighted by molar-refractivity contribution is -0.107. The van der Waals surface area contributed by atoms with Crippen molar-refractivity contribution in [2.75, 3.05) is 7.11 Å². The van der Waals surface area contributed by atoms with E-state index in [0.717, 1.165) is 5.56 Å². The van der Waals surface area contributed by atoms with E-state index in [9.17, 15) is 4.79 Å². The van der Waals surface area contributed by atoms with Crippen LogP contribution in [0.1, 0.15) is 38.2 Å². The number of aromatic amines is 1. The Morgan fingerprint density at radius 3 is 2.04 bits per heavy atom. The highest BCUT2D eigenvalue weighted by molar-refractivity contribution is 6.32. The zero-order valence-corrected chi connectivity index (χ0v) is 14.6. The van der Waals surface area contributed by atoms with Crippen molar-refractivity contribution in [1.82, 2.24) is 10.2 Å². The molecule has 1 aromatic heterocycles. The van der Waals surface area contributed by atoms with Crippen LogP contribution in [-0.2, 0) is 4.74 Å². The zero-order chi connectivity index (χ0) is 18.5. The van der Waals surface area contributed by atoms with Crippen LogP contribution in [0.25, 0.3) is 11.1 Å². The van der Waals surface area contributed by atoms with Crippen molar-refractivity contribution in [2.45, 2.75) is 38.9 Å². The first-order chi connectivity index (χ1) is 11.0. The fourth-order valence-corrected chi connectivity index (χ4v) is 1.43. The number of rotatable bonds is 3. The molecular weight excluding hydrogens is 307 g/mol. The van der Waals surface area contributed by atoms with Crippen molar-refractivity contribution in [2.24, 2.45) is 0 Å². The van der Waals surface area contributed by atoms with Crippen LogP contribution in [0.5, 0.6) is 0 Å². The fourth-order valence-electron chi connectivity index (χ4n) is 1.43. The Balaban J connectivity index is 0.000000307. The number of esters is 1. The smallest absolute Gasteiger partial charge is 0.356 e. The van der Waals surface area contributed by atoms with Crippen molar-refractivity contribution in [1.29, 1.82) is 0 Å². The van der Waals surface area contributed by atoms with E-state index in [4.69, 9.17) is 18.1 Å². The first-order valence-electron chi connectivity index (χ1n) is 7.39. The number of carbonyl (C=O) groups excluding carboxylic acids is 1. The highest BCUT2D eigenvalue weighted by Crippen LogP contribution is 2.21. The molecule has 0 saturated carbocycles. The SMILES string of the molecule is CC(C)(O)C(C)(C)O.[B]c1ccc(-c2cn[nH]c2C(=O)OC)cc1. The van der Waals surface area contributed by atoms with E-state index < -0.39 is 17.2 Å². The number of aliphatic hydroxyl groups is 2. The Hall–Kier alpha value is -2.12. The molecule has 0 fully saturated rings. The van der Waals surface area contributed by atoms with Crippen molar-refractivity contribution in [3.63, 3.8) is 0 Å². The molecule has 0 saturated heterocycles. The third-order valence-electron chi connectivity index (χ3n) is 3.75. The van der Waals surface area contributed by atoms with E-state index in [1.54, 1.807) is 46.0 Å². The van der Waals surface area contributed by atoms with Gasteiger partial charge in [-0.25, -0.2) is 4.79 Å². The highest BCUT2D eigenvalue weighted by Gasteiger charge is 2.31. The van der Waals surface area contributed by atoms with Crippen LogP contribution >= 0.6 is 0 Å². The standard InChI is InChI=1S/C11H9BN2O2.C6H14O2/c1-16-11(15)10-9(6-13-14-10)7-2-4-8(12)5-3-7;1-5(2,7)6(3,4)8/h2-6H,1H3,(H,13,14);7-8H,1-4H3. The number of nitrogens with zero attached hydrogens (tertiary/aromatic N) is 1. The predicted molar refractivity (Wildman–Crippen MR) is 93.3 cm³/mol. The van der Waals surface area contributed by atoms with E-state index in [1.165, 1.54) is 7.11 Å². The molecule has 0 unspecified atom stereocenters. The average Bonchev–Trinajstić information content (AvgIpc) is 2.95. The molecule has 0 aliphatic carbocycles. The van der Waals surface area contributed by atoms with Crippen LogP contribution in [0.4, 0.5) is 0 Å². The maximum atomic E-state index is 11.4. The van der Waals surface area contributed by atoms with Gasteiger partial charge in [0.15, 0.2) is 5.69 Å². The Morgan fingerprint density at radius 2 is 1.62 bits per heavy atom. The number of hydrogen-bond donors (Lipinski definition) is 3. The van der Waals surface area contributed by atoms with Crippen molar-refractivity contribution in [3.05, 3.63) is 36.2 Å². The number of aromatic nitrogens is 2.